The Labute approximate surface area is 212 Å². The van der Waals surface area contributed by atoms with E-state index in [1.165, 1.54) is 5.56 Å². The van der Waals surface area contributed by atoms with Gasteiger partial charge in [-0.05, 0) is 54.2 Å². The average molecular weight is 488 g/mol. The van der Waals surface area contributed by atoms with Gasteiger partial charge in [0.1, 0.15) is 11.5 Å². The monoisotopic (exact) mass is 487 g/mol. The number of benzene rings is 2. The lowest BCUT2D eigenvalue weighted by atomic mass is 9.93. The molecule has 1 aliphatic rings. The van der Waals surface area contributed by atoms with Crippen molar-refractivity contribution in [3.63, 3.8) is 0 Å². The van der Waals surface area contributed by atoms with Crippen LogP contribution in [0.3, 0.4) is 0 Å². The largest absolute Gasteiger partial charge is 0.507 e. The van der Waals surface area contributed by atoms with Crippen LogP contribution in [0, 0.1) is 0 Å². The molecule has 1 N–H and O–H groups in total. The summed E-state index contributed by atoms with van der Waals surface area (Å²) >= 11 is 0. The van der Waals surface area contributed by atoms with Gasteiger partial charge in [-0.15, -0.1) is 0 Å². The number of Topliss-reactive ketones (excluding diaryl/α,β-unsaturated/α-hetero) is 1. The van der Waals surface area contributed by atoms with Crippen LogP contribution in [-0.2, 0) is 16.1 Å². The lowest BCUT2D eigenvalue weighted by Crippen LogP contribution is -2.31. The number of imidazole rings is 1. The van der Waals surface area contributed by atoms with E-state index in [4.69, 9.17) is 4.74 Å². The Morgan fingerprint density at radius 3 is 2.39 bits per heavy atom. The van der Waals surface area contributed by atoms with Gasteiger partial charge in [0, 0.05) is 31.0 Å². The zero-order valence-electron chi connectivity index (χ0n) is 21.1. The smallest absolute Gasteiger partial charge is 0.295 e. The van der Waals surface area contributed by atoms with Crippen molar-refractivity contribution in [1.82, 2.24) is 14.5 Å². The summed E-state index contributed by atoms with van der Waals surface area (Å²) in [4.78, 5) is 32.0. The summed E-state index contributed by atoms with van der Waals surface area (Å²) < 4.78 is 7.57. The highest BCUT2D eigenvalue weighted by Gasteiger charge is 2.45. The van der Waals surface area contributed by atoms with E-state index in [1.54, 1.807) is 41.7 Å². The first-order chi connectivity index (χ1) is 17.4. The molecule has 0 bridgehead atoms. The Kier molecular flexibility index (Phi) is 7.88. The quantitative estimate of drug-likeness (QED) is 0.238. The van der Waals surface area contributed by atoms with E-state index in [1.807, 2.05) is 42.0 Å². The van der Waals surface area contributed by atoms with Crippen LogP contribution in [0.15, 0.2) is 72.8 Å². The molecule has 188 valence electrons. The van der Waals surface area contributed by atoms with Gasteiger partial charge in [0.05, 0.1) is 24.5 Å². The molecule has 3 aromatic rings. The predicted octanol–water partition coefficient (Wildman–Crippen LogP) is 5.31. The third-order valence-corrected chi connectivity index (χ3v) is 6.43. The second-order valence-corrected chi connectivity index (χ2v) is 9.34. The summed E-state index contributed by atoms with van der Waals surface area (Å²) in [6.45, 7) is 7.90. The number of hydrogen-bond acceptors (Lipinski definition) is 5. The van der Waals surface area contributed by atoms with Crippen LogP contribution in [0.1, 0.15) is 62.3 Å². The highest BCUT2D eigenvalue weighted by atomic mass is 16.5. The fourth-order valence-corrected chi connectivity index (χ4v) is 4.45. The molecule has 7 nitrogen and oxygen atoms in total. The number of carbonyl (C=O) groups is 2. The summed E-state index contributed by atoms with van der Waals surface area (Å²) in [5.41, 5.74) is 2.55. The van der Waals surface area contributed by atoms with Gasteiger partial charge in [-0.2, -0.15) is 0 Å². The molecule has 1 unspecified atom stereocenters. The first-order valence-corrected chi connectivity index (χ1v) is 12.5. The minimum atomic E-state index is -0.667. The van der Waals surface area contributed by atoms with Gasteiger partial charge in [0.25, 0.3) is 11.7 Å². The van der Waals surface area contributed by atoms with Crippen LogP contribution in [-0.4, -0.2) is 44.4 Å². The molecular weight excluding hydrogens is 454 g/mol. The summed E-state index contributed by atoms with van der Waals surface area (Å²) in [5, 5.41) is 11.3. The van der Waals surface area contributed by atoms with E-state index in [2.05, 4.69) is 18.8 Å². The predicted molar refractivity (Wildman–Crippen MR) is 139 cm³/mol. The number of aliphatic hydroxyl groups excluding tert-OH is 1. The maximum atomic E-state index is 13.2. The topological polar surface area (TPSA) is 84.7 Å². The third kappa shape index (κ3) is 5.35. The second kappa shape index (κ2) is 11.2. The fraction of sp³-hybridized carbons (Fsp3) is 0.345. The number of likely N-dealkylation sites (tertiary alicyclic amines) is 1. The van der Waals surface area contributed by atoms with Crippen LogP contribution < -0.4 is 4.74 Å². The second-order valence-electron chi connectivity index (χ2n) is 9.34. The average Bonchev–Trinajstić information content (AvgIpc) is 3.50. The van der Waals surface area contributed by atoms with E-state index in [-0.39, 0.29) is 11.3 Å². The molecule has 4 rings (SSSR count). The summed E-state index contributed by atoms with van der Waals surface area (Å²) in [5.74, 6) is -0.393. The van der Waals surface area contributed by atoms with Crippen molar-refractivity contribution in [2.75, 3.05) is 13.2 Å². The van der Waals surface area contributed by atoms with Crippen molar-refractivity contribution < 1.29 is 19.4 Å². The van der Waals surface area contributed by atoms with E-state index in [0.29, 0.717) is 43.3 Å². The molecule has 0 aliphatic carbocycles. The maximum Gasteiger partial charge on any atom is 0.295 e. The molecule has 7 heteroatoms. The molecule has 1 saturated heterocycles. The summed E-state index contributed by atoms with van der Waals surface area (Å²) in [6, 6.07) is 14.2. The first-order valence-electron chi connectivity index (χ1n) is 12.5. The molecule has 0 radical (unpaired) electrons. The number of ether oxygens (including phenoxy) is 1. The van der Waals surface area contributed by atoms with Crippen molar-refractivity contribution in [1.29, 1.82) is 0 Å². The molecule has 1 aromatic heterocycles. The molecule has 0 spiro atoms. The van der Waals surface area contributed by atoms with Crippen LogP contribution in [0.4, 0.5) is 0 Å². The number of nitrogens with zero attached hydrogens (tertiary/aromatic N) is 3. The molecule has 2 aromatic carbocycles. The normalized spacial score (nSPS) is 17.2. The zero-order valence-corrected chi connectivity index (χ0v) is 21.1. The van der Waals surface area contributed by atoms with Gasteiger partial charge in [-0.1, -0.05) is 45.0 Å². The van der Waals surface area contributed by atoms with Crippen LogP contribution in [0.2, 0.25) is 0 Å². The Hall–Kier alpha value is -3.87. The number of hydrogen-bond donors (Lipinski definition) is 1. The number of aromatic nitrogens is 2. The molecule has 1 aliphatic heterocycles. The number of aryl methyl sites for hydroxylation is 1. The van der Waals surface area contributed by atoms with Gasteiger partial charge >= 0.3 is 0 Å². The minimum Gasteiger partial charge on any atom is -0.507 e. The summed E-state index contributed by atoms with van der Waals surface area (Å²) in [7, 11) is 0. The van der Waals surface area contributed by atoms with E-state index in [0.717, 1.165) is 12.0 Å². The first kappa shape index (κ1) is 25.2. The molecule has 1 fully saturated rings. The van der Waals surface area contributed by atoms with Crippen molar-refractivity contribution in [2.24, 2.45) is 0 Å². The zero-order chi connectivity index (χ0) is 25.7. The lowest BCUT2D eigenvalue weighted by molar-refractivity contribution is -0.139. The Balaban J connectivity index is 1.69. The Morgan fingerprint density at radius 2 is 1.78 bits per heavy atom. The number of ketones is 1. The third-order valence-electron chi connectivity index (χ3n) is 6.43. The van der Waals surface area contributed by atoms with E-state index in [9.17, 15) is 14.7 Å². The van der Waals surface area contributed by atoms with E-state index < -0.39 is 17.7 Å². The van der Waals surface area contributed by atoms with Gasteiger partial charge in [0.2, 0.25) is 0 Å². The standard InChI is InChI=1S/C29H33N3O4/c1-4-18-36-24-12-10-23(11-13-24)27(33)25-26(22-8-6-21(7-9-22)20(2)3)32(29(35)28(25)34)16-5-15-31-17-14-30-19-31/h6-14,17,19-20,26,33H,4-5,15-16,18H2,1-3H3. The fourth-order valence-electron chi connectivity index (χ4n) is 4.45. The molecule has 2 heterocycles. The van der Waals surface area contributed by atoms with E-state index >= 15 is 0 Å². The number of rotatable bonds is 10. The summed E-state index contributed by atoms with van der Waals surface area (Å²) in [6.07, 6.45) is 6.84. The SMILES string of the molecule is CCCOc1ccc(C(O)=C2C(=O)C(=O)N(CCCn3ccnc3)C2c2ccc(C(C)C)cc2)cc1. The van der Waals surface area contributed by atoms with Gasteiger partial charge < -0.3 is 19.3 Å². The van der Waals surface area contributed by atoms with Crippen molar-refractivity contribution in [2.45, 2.75) is 52.1 Å². The number of aliphatic hydroxyl groups is 1. The van der Waals surface area contributed by atoms with Crippen molar-refractivity contribution >= 4 is 17.4 Å². The molecule has 1 amide bonds. The molecule has 36 heavy (non-hydrogen) atoms. The Morgan fingerprint density at radius 1 is 1.06 bits per heavy atom. The van der Waals surface area contributed by atoms with Crippen LogP contribution in [0.25, 0.3) is 5.76 Å². The number of carbonyl (C=O) groups excluding carboxylic acids is 2. The highest BCUT2D eigenvalue weighted by molar-refractivity contribution is 6.46. The van der Waals surface area contributed by atoms with Gasteiger partial charge in [-0.3, -0.25) is 9.59 Å². The Bertz CT molecular complexity index is 1210. The van der Waals surface area contributed by atoms with Crippen LogP contribution >= 0.6 is 0 Å². The van der Waals surface area contributed by atoms with Gasteiger partial charge in [-0.25, -0.2) is 4.98 Å². The highest BCUT2D eigenvalue weighted by Crippen LogP contribution is 2.40. The van der Waals surface area contributed by atoms with Gasteiger partial charge in [0.15, 0.2) is 0 Å². The molecule has 0 saturated carbocycles. The lowest BCUT2D eigenvalue weighted by Gasteiger charge is -2.26. The number of amides is 1. The molecule has 1 atom stereocenters. The molecular formula is C29H33N3O4. The van der Waals surface area contributed by atoms with Crippen molar-refractivity contribution in [3.8, 4) is 5.75 Å². The van der Waals surface area contributed by atoms with Crippen molar-refractivity contribution in [3.05, 3.63) is 89.5 Å². The maximum absolute atomic E-state index is 13.2. The minimum absolute atomic E-state index is 0.113. The van der Waals surface area contributed by atoms with Crippen LogP contribution in [0.5, 0.6) is 5.75 Å².